The summed E-state index contributed by atoms with van der Waals surface area (Å²) in [5.41, 5.74) is 2.60. The van der Waals surface area contributed by atoms with E-state index in [-0.39, 0.29) is 0 Å². The number of nitrogens with one attached hydrogen (secondary N) is 3. The summed E-state index contributed by atoms with van der Waals surface area (Å²) in [6, 6.07) is 14.7. The molecule has 0 aliphatic rings. The number of methoxy groups -OCH3 is 2. The molecule has 0 radical (unpaired) electrons. The van der Waals surface area contributed by atoms with Gasteiger partial charge in [0, 0.05) is 23.9 Å². The van der Waals surface area contributed by atoms with Crippen molar-refractivity contribution in [3.8, 4) is 0 Å². The SMILES string of the molecule is COC(=O)Nc1ccc2ccc(CNCc3ccc4ccc(NC(=O)OC)nc4n3)nc2n1. The van der Waals surface area contributed by atoms with Gasteiger partial charge >= 0.3 is 12.2 Å². The second-order valence-corrected chi connectivity index (χ2v) is 6.93. The van der Waals surface area contributed by atoms with Gasteiger partial charge in [-0.2, -0.15) is 0 Å². The van der Waals surface area contributed by atoms with Gasteiger partial charge in [-0.3, -0.25) is 10.6 Å². The van der Waals surface area contributed by atoms with Crippen LogP contribution in [0.1, 0.15) is 11.4 Å². The van der Waals surface area contributed by atoms with Gasteiger partial charge in [0.2, 0.25) is 0 Å². The average Bonchev–Trinajstić information content (AvgIpc) is 2.83. The number of pyridine rings is 4. The molecule has 0 saturated carbocycles. The molecule has 0 aromatic carbocycles. The number of aromatic nitrogens is 4. The molecule has 0 aliphatic heterocycles. The fourth-order valence-electron chi connectivity index (χ4n) is 3.04. The van der Waals surface area contributed by atoms with Crippen LogP contribution in [-0.2, 0) is 22.6 Å². The maximum absolute atomic E-state index is 11.4. The predicted octanol–water partition coefficient (Wildman–Crippen LogP) is 3.22. The summed E-state index contributed by atoms with van der Waals surface area (Å²) in [4.78, 5) is 40.6. The van der Waals surface area contributed by atoms with E-state index in [1.807, 2.05) is 36.4 Å². The van der Waals surface area contributed by atoms with E-state index in [0.717, 1.165) is 22.2 Å². The van der Waals surface area contributed by atoms with Crippen molar-refractivity contribution in [2.75, 3.05) is 24.9 Å². The molecule has 11 nitrogen and oxygen atoms in total. The Hall–Kier alpha value is -4.38. The van der Waals surface area contributed by atoms with Crippen LogP contribution in [0.3, 0.4) is 0 Å². The van der Waals surface area contributed by atoms with Crippen molar-refractivity contribution in [3.63, 3.8) is 0 Å². The van der Waals surface area contributed by atoms with Crippen molar-refractivity contribution >= 4 is 45.9 Å². The Morgan fingerprint density at radius 3 is 1.52 bits per heavy atom. The van der Waals surface area contributed by atoms with E-state index in [9.17, 15) is 9.59 Å². The number of ether oxygens (including phenoxy) is 2. The fraction of sp³-hybridized carbons (Fsp3) is 0.182. The molecular weight excluding hydrogens is 426 g/mol. The third kappa shape index (κ3) is 5.46. The Labute approximate surface area is 188 Å². The van der Waals surface area contributed by atoms with E-state index in [1.54, 1.807) is 12.1 Å². The van der Waals surface area contributed by atoms with Crippen molar-refractivity contribution in [2.24, 2.45) is 0 Å². The van der Waals surface area contributed by atoms with Crippen molar-refractivity contribution in [2.45, 2.75) is 13.1 Å². The largest absolute Gasteiger partial charge is 0.453 e. The van der Waals surface area contributed by atoms with Crippen LogP contribution in [0, 0.1) is 0 Å². The van der Waals surface area contributed by atoms with Crippen molar-refractivity contribution in [1.29, 1.82) is 0 Å². The van der Waals surface area contributed by atoms with E-state index >= 15 is 0 Å². The Bertz CT molecular complexity index is 1230. The summed E-state index contributed by atoms with van der Waals surface area (Å²) < 4.78 is 9.17. The van der Waals surface area contributed by atoms with Crippen molar-refractivity contribution in [3.05, 3.63) is 59.9 Å². The minimum atomic E-state index is -0.592. The second-order valence-electron chi connectivity index (χ2n) is 6.93. The van der Waals surface area contributed by atoms with E-state index < -0.39 is 12.2 Å². The van der Waals surface area contributed by atoms with Gasteiger partial charge in [-0.15, -0.1) is 0 Å². The molecule has 168 valence electrons. The summed E-state index contributed by atoms with van der Waals surface area (Å²) in [5, 5.41) is 10.1. The fourth-order valence-corrected chi connectivity index (χ4v) is 3.04. The third-order valence-corrected chi connectivity index (χ3v) is 4.66. The molecule has 4 rings (SSSR count). The normalized spacial score (nSPS) is 10.7. The average molecular weight is 447 g/mol. The molecule has 2 amide bonds. The number of amides is 2. The molecule has 0 atom stereocenters. The Morgan fingerprint density at radius 2 is 1.09 bits per heavy atom. The summed E-state index contributed by atoms with van der Waals surface area (Å²) >= 11 is 0. The van der Waals surface area contributed by atoms with Crippen molar-refractivity contribution in [1.82, 2.24) is 25.3 Å². The summed E-state index contributed by atoms with van der Waals surface area (Å²) in [7, 11) is 2.58. The number of rotatable bonds is 6. The lowest BCUT2D eigenvalue weighted by molar-refractivity contribution is 0.186. The van der Waals surface area contributed by atoms with Gasteiger partial charge in [-0.1, -0.05) is 0 Å². The summed E-state index contributed by atoms with van der Waals surface area (Å²) in [6.07, 6.45) is -1.18. The van der Waals surface area contributed by atoms with E-state index in [2.05, 4.69) is 45.4 Å². The van der Waals surface area contributed by atoms with Crippen LogP contribution < -0.4 is 16.0 Å². The van der Waals surface area contributed by atoms with Crippen LogP contribution >= 0.6 is 0 Å². The lowest BCUT2D eigenvalue weighted by Crippen LogP contribution is -2.15. The zero-order valence-electron chi connectivity index (χ0n) is 18.0. The van der Waals surface area contributed by atoms with Gasteiger partial charge in [0.25, 0.3) is 0 Å². The maximum Gasteiger partial charge on any atom is 0.412 e. The van der Waals surface area contributed by atoms with Gasteiger partial charge < -0.3 is 14.8 Å². The van der Waals surface area contributed by atoms with Crippen LogP contribution in [0.5, 0.6) is 0 Å². The number of hydrogen-bond acceptors (Lipinski definition) is 9. The molecule has 4 aromatic heterocycles. The van der Waals surface area contributed by atoms with Gasteiger partial charge in [-0.25, -0.2) is 29.5 Å². The van der Waals surface area contributed by atoms with Crippen LogP contribution in [0.2, 0.25) is 0 Å². The molecule has 33 heavy (non-hydrogen) atoms. The number of carbonyl (C=O) groups excluding carboxylic acids is 2. The first kappa shape index (κ1) is 21.8. The topological polar surface area (TPSA) is 140 Å². The van der Waals surface area contributed by atoms with Crippen LogP contribution in [0.4, 0.5) is 21.2 Å². The van der Waals surface area contributed by atoms with Gasteiger partial charge in [0.15, 0.2) is 11.3 Å². The highest BCUT2D eigenvalue weighted by Gasteiger charge is 2.07. The van der Waals surface area contributed by atoms with Gasteiger partial charge in [0.1, 0.15) is 11.6 Å². The molecule has 0 aliphatic carbocycles. The number of anilines is 2. The number of fused-ring (bicyclic) bond motifs is 2. The molecule has 4 heterocycles. The summed E-state index contributed by atoms with van der Waals surface area (Å²) in [5.74, 6) is 0.724. The Balaban J connectivity index is 1.42. The number of hydrogen-bond donors (Lipinski definition) is 3. The molecule has 0 unspecified atom stereocenters. The Kier molecular flexibility index (Phi) is 6.51. The Morgan fingerprint density at radius 1 is 0.667 bits per heavy atom. The molecule has 4 aromatic rings. The molecule has 0 fully saturated rings. The van der Waals surface area contributed by atoms with Crippen LogP contribution in [0.25, 0.3) is 22.1 Å². The molecular formula is C22H21N7O4. The molecule has 11 heteroatoms. The minimum absolute atomic E-state index is 0.362. The first-order valence-corrected chi connectivity index (χ1v) is 9.98. The molecule has 0 spiro atoms. The first-order chi connectivity index (χ1) is 16.0. The molecule has 3 N–H and O–H groups in total. The second kappa shape index (κ2) is 9.83. The predicted molar refractivity (Wildman–Crippen MR) is 122 cm³/mol. The summed E-state index contributed by atoms with van der Waals surface area (Å²) in [6.45, 7) is 0.979. The maximum atomic E-state index is 11.4. The molecule has 0 bridgehead atoms. The highest BCUT2D eigenvalue weighted by molar-refractivity contribution is 5.86. The van der Waals surface area contributed by atoms with Gasteiger partial charge in [0.05, 0.1) is 25.6 Å². The number of carbonyl (C=O) groups is 2. The van der Waals surface area contributed by atoms with E-state index in [4.69, 9.17) is 0 Å². The standard InChI is InChI=1S/C22H21N7O4/c1-32-21(30)28-17-9-5-13-3-7-15(24-19(13)26-17)11-23-12-16-8-4-14-6-10-18(27-20(14)25-16)29-22(31)33-2/h3-10,23H,11-12H2,1-2H3,(H,24,26,28,30)(H,25,27,29,31). The minimum Gasteiger partial charge on any atom is -0.453 e. The number of nitrogens with zero attached hydrogens (tertiary/aromatic N) is 4. The van der Waals surface area contributed by atoms with E-state index in [0.29, 0.717) is 36.0 Å². The smallest absolute Gasteiger partial charge is 0.412 e. The highest BCUT2D eigenvalue weighted by Crippen LogP contribution is 2.16. The zero-order valence-corrected chi connectivity index (χ0v) is 18.0. The van der Waals surface area contributed by atoms with Crippen molar-refractivity contribution < 1.29 is 19.1 Å². The zero-order chi connectivity index (χ0) is 23.2. The first-order valence-electron chi connectivity index (χ1n) is 9.98. The quantitative estimate of drug-likeness (QED) is 0.406. The lowest BCUT2D eigenvalue weighted by Gasteiger charge is -2.08. The molecule has 0 saturated heterocycles. The van der Waals surface area contributed by atoms with Crippen LogP contribution in [0.15, 0.2) is 48.5 Å². The highest BCUT2D eigenvalue weighted by atomic mass is 16.5. The third-order valence-electron chi connectivity index (χ3n) is 4.66. The lowest BCUT2D eigenvalue weighted by atomic mass is 10.2. The van der Waals surface area contributed by atoms with Crippen LogP contribution in [-0.4, -0.2) is 46.3 Å². The van der Waals surface area contributed by atoms with E-state index in [1.165, 1.54) is 14.2 Å². The monoisotopic (exact) mass is 447 g/mol. The van der Waals surface area contributed by atoms with Gasteiger partial charge in [-0.05, 0) is 48.5 Å².